The fraction of sp³-hybridized carbons (Fsp3) is 0.167. The van der Waals surface area contributed by atoms with Crippen molar-refractivity contribution in [1.82, 2.24) is 39.2 Å². The quantitative estimate of drug-likeness (QED) is 0.311. The van der Waals surface area contributed by atoms with Gasteiger partial charge in [0, 0.05) is 0 Å². The molecule has 0 atom stereocenters. The number of nitrogen functional groups attached to an aromatic ring is 1. The number of aromatic nitrogens is 8. The van der Waals surface area contributed by atoms with Crippen LogP contribution in [-0.4, -0.2) is 39.2 Å². The lowest BCUT2D eigenvalue weighted by atomic mass is 10.5. The molecule has 4 aromatic rings. The summed E-state index contributed by atoms with van der Waals surface area (Å²) in [7, 11) is 0. The Hall–Kier alpha value is -1.84. The van der Waals surface area contributed by atoms with E-state index in [9.17, 15) is 4.79 Å². The maximum absolute atomic E-state index is 11.3. The van der Waals surface area contributed by atoms with E-state index in [1.54, 1.807) is 4.52 Å². The van der Waals surface area contributed by atoms with Crippen LogP contribution in [0.2, 0.25) is 0 Å². The van der Waals surface area contributed by atoms with Crippen LogP contribution in [0.15, 0.2) is 17.4 Å². The molecule has 0 aliphatic carbocycles. The Morgan fingerprint density at radius 3 is 2.21 bits per heavy atom. The van der Waals surface area contributed by atoms with Crippen molar-refractivity contribution >= 4 is 62.0 Å². The zero-order valence-electron chi connectivity index (χ0n) is 12.5. The molecule has 10 nitrogen and oxygen atoms in total. The second-order valence-corrected chi connectivity index (χ2v) is 6.73. The molecule has 12 heteroatoms. The molecular weight excluding hydrogens is 540 g/mol. The fourth-order valence-electron chi connectivity index (χ4n) is 2.08. The maximum Gasteiger partial charge on any atom is 0.277 e. The SMILES string of the molecule is Cc1nc(I)c2c(=O)[nH]cnn12.Cc1nc(I)c2c(N)ncnn12. The van der Waals surface area contributed by atoms with Crippen molar-refractivity contribution in [3.05, 3.63) is 42.1 Å². The van der Waals surface area contributed by atoms with Crippen LogP contribution in [0.1, 0.15) is 11.6 Å². The summed E-state index contributed by atoms with van der Waals surface area (Å²) in [5.74, 6) is 2.01. The Morgan fingerprint density at radius 2 is 1.62 bits per heavy atom. The minimum atomic E-state index is -0.157. The second kappa shape index (κ2) is 6.58. The van der Waals surface area contributed by atoms with Crippen LogP contribution in [0, 0.1) is 21.2 Å². The molecule has 3 N–H and O–H groups in total. The van der Waals surface area contributed by atoms with Crippen molar-refractivity contribution in [2.45, 2.75) is 13.8 Å². The van der Waals surface area contributed by atoms with Gasteiger partial charge < -0.3 is 10.7 Å². The molecule has 0 fully saturated rings. The molecule has 0 aromatic carbocycles. The second-order valence-electron chi connectivity index (χ2n) is 4.68. The molecule has 0 saturated carbocycles. The Kier molecular flexibility index (Phi) is 4.66. The van der Waals surface area contributed by atoms with Gasteiger partial charge in [-0.1, -0.05) is 0 Å². The lowest BCUT2D eigenvalue weighted by Crippen LogP contribution is -2.11. The number of halogens is 2. The number of hydrogen-bond donors (Lipinski definition) is 2. The first-order valence-corrected chi connectivity index (χ1v) is 8.75. The van der Waals surface area contributed by atoms with E-state index in [1.807, 2.05) is 36.4 Å². The molecule has 4 rings (SSSR count). The van der Waals surface area contributed by atoms with Crippen LogP contribution in [0.4, 0.5) is 5.82 Å². The summed E-state index contributed by atoms with van der Waals surface area (Å²) < 4.78 is 4.73. The van der Waals surface area contributed by atoms with Crippen LogP contribution in [0.25, 0.3) is 11.0 Å². The van der Waals surface area contributed by atoms with Gasteiger partial charge >= 0.3 is 0 Å². The summed E-state index contributed by atoms with van der Waals surface area (Å²) in [5, 5.41) is 7.98. The van der Waals surface area contributed by atoms with Gasteiger partial charge in [-0.3, -0.25) is 4.79 Å². The lowest BCUT2D eigenvalue weighted by molar-refractivity contribution is 0.842. The third kappa shape index (κ3) is 2.94. The topological polar surface area (TPSA) is 132 Å². The molecule has 0 saturated heterocycles. The fourth-order valence-corrected chi connectivity index (χ4v) is 3.76. The Balaban J connectivity index is 0.000000141. The largest absolute Gasteiger partial charge is 0.382 e. The summed E-state index contributed by atoms with van der Waals surface area (Å²) in [6.07, 6.45) is 2.78. The van der Waals surface area contributed by atoms with Gasteiger partial charge in [0.15, 0.2) is 11.3 Å². The first kappa shape index (κ1) is 17.0. The van der Waals surface area contributed by atoms with Crippen molar-refractivity contribution in [2.24, 2.45) is 0 Å². The molecule has 0 bridgehead atoms. The Morgan fingerprint density at radius 1 is 1.04 bits per heavy atom. The summed E-state index contributed by atoms with van der Waals surface area (Å²) in [4.78, 5) is 26.0. The van der Waals surface area contributed by atoms with Crippen molar-refractivity contribution < 1.29 is 0 Å². The third-order valence-corrected chi connectivity index (χ3v) is 4.64. The van der Waals surface area contributed by atoms with E-state index < -0.39 is 0 Å². The smallest absolute Gasteiger partial charge is 0.277 e. The van der Waals surface area contributed by atoms with Crippen LogP contribution in [0.5, 0.6) is 0 Å². The van der Waals surface area contributed by atoms with Gasteiger partial charge in [-0.25, -0.2) is 24.0 Å². The molecule has 124 valence electrons. The van der Waals surface area contributed by atoms with Crippen LogP contribution in [0.3, 0.4) is 0 Å². The molecule has 0 aliphatic heterocycles. The first-order chi connectivity index (χ1) is 11.4. The molecule has 4 heterocycles. The summed E-state index contributed by atoms with van der Waals surface area (Å²) in [5.41, 5.74) is 6.79. The van der Waals surface area contributed by atoms with Crippen LogP contribution in [-0.2, 0) is 0 Å². The highest BCUT2D eigenvalue weighted by Gasteiger charge is 2.09. The van der Waals surface area contributed by atoms with E-state index in [2.05, 4.69) is 52.7 Å². The number of nitrogens with zero attached hydrogens (tertiary/aromatic N) is 7. The summed E-state index contributed by atoms with van der Waals surface area (Å²) >= 11 is 4.13. The summed E-state index contributed by atoms with van der Waals surface area (Å²) in [6, 6.07) is 0. The zero-order valence-corrected chi connectivity index (χ0v) is 16.8. The van der Waals surface area contributed by atoms with Gasteiger partial charge in [0.1, 0.15) is 37.2 Å². The third-order valence-electron chi connectivity index (χ3n) is 3.14. The zero-order chi connectivity index (χ0) is 17.4. The molecule has 4 aromatic heterocycles. The van der Waals surface area contributed by atoms with Gasteiger partial charge in [0.05, 0.1) is 0 Å². The van der Waals surface area contributed by atoms with Crippen molar-refractivity contribution in [3.63, 3.8) is 0 Å². The summed E-state index contributed by atoms with van der Waals surface area (Å²) in [6.45, 7) is 3.68. The monoisotopic (exact) mass is 551 g/mol. The number of rotatable bonds is 0. The highest BCUT2D eigenvalue weighted by Crippen LogP contribution is 2.17. The van der Waals surface area contributed by atoms with Gasteiger partial charge in [-0.2, -0.15) is 10.2 Å². The predicted molar refractivity (Wildman–Crippen MR) is 104 cm³/mol. The number of aryl methyl sites for hydroxylation is 2. The van der Waals surface area contributed by atoms with Gasteiger partial charge in [0.25, 0.3) is 5.56 Å². The number of hydrogen-bond acceptors (Lipinski definition) is 7. The first-order valence-electron chi connectivity index (χ1n) is 6.60. The minimum Gasteiger partial charge on any atom is -0.382 e. The average Bonchev–Trinajstić information content (AvgIpc) is 2.99. The van der Waals surface area contributed by atoms with E-state index in [4.69, 9.17) is 5.73 Å². The minimum absolute atomic E-state index is 0.157. The molecule has 0 radical (unpaired) electrons. The molecule has 0 amide bonds. The molecule has 24 heavy (non-hydrogen) atoms. The van der Waals surface area contributed by atoms with E-state index in [0.717, 1.165) is 20.9 Å². The number of nitrogens with two attached hydrogens (primary N) is 1. The number of imidazole rings is 2. The molecule has 0 aliphatic rings. The number of nitrogens with one attached hydrogen (secondary N) is 1. The standard InChI is InChI=1S/C6H6IN5.C6H5IN4O/c1-3-11-5(7)4-6(8)9-2-10-12(3)4;1-3-10-5(7)4-6(12)8-2-9-11(3)4/h2H,1H3,(H2,8,9,10);2H,1H3,(H,8,9,12). The predicted octanol–water partition coefficient (Wildman–Crippen LogP) is 0.950. The number of aromatic amines is 1. The van der Waals surface area contributed by atoms with Crippen LogP contribution < -0.4 is 11.3 Å². The average molecular weight is 551 g/mol. The van der Waals surface area contributed by atoms with Gasteiger partial charge in [-0.15, -0.1) is 0 Å². The van der Waals surface area contributed by atoms with Crippen molar-refractivity contribution in [2.75, 3.05) is 5.73 Å². The van der Waals surface area contributed by atoms with Crippen molar-refractivity contribution in [1.29, 1.82) is 0 Å². The number of H-pyrrole nitrogens is 1. The van der Waals surface area contributed by atoms with Crippen LogP contribution >= 0.6 is 45.2 Å². The van der Waals surface area contributed by atoms with E-state index in [0.29, 0.717) is 15.0 Å². The lowest BCUT2D eigenvalue weighted by Gasteiger charge is -1.95. The van der Waals surface area contributed by atoms with E-state index >= 15 is 0 Å². The molecular formula is C12H11I2N9O. The van der Waals surface area contributed by atoms with Gasteiger partial charge in [-0.05, 0) is 59.0 Å². The van der Waals surface area contributed by atoms with E-state index in [-0.39, 0.29) is 5.56 Å². The normalized spacial score (nSPS) is 10.8. The molecule has 0 spiro atoms. The Labute approximate surface area is 162 Å². The highest BCUT2D eigenvalue weighted by atomic mass is 127. The molecule has 0 unspecified atom stereocenters. The Bertz CT molecular complexity index is 1100. The van der Waals surface area contributed by atoms with Gasteiger partial charge in [0.2, 0.25) is 0 Å². The van der Waals surface area contributed by atoms with E-state index in [1.165, 1.54) is 17.2 Å². The highest BCUT2D eigenvalue weighted by molar-refractivity contribution is 14.1. The van der Waals surface area contributed by atoms with Crippen molar-refractivity contribution in [3.8, 4) is 0 Å². The maximum atomic E-state index is 11.3. The number of anilines is 1. The number of fused-ring (bicyclic) bond motifs is 2.